The Morgan fingerprint density at radius 2 is 1.80 bits per heavy atom. The van der Waals surface area contributed by atoms with Crippen molar-refractivity contribution in [2.45, 2.75) is 6.04 Å². The lowest BCUT2D eigenvalue weighted by Crippen LogP contribution is -2.30. The van der Waals surface area contributed by atoms with E-state index in [9.17, 15) is 14.7 Å². The molecule has 0 aliphatic carbocycles. The first-order valence-electron chi connectivity index (χ1n) is 11.1. The summed E-state index contributed by atoms with van der Waals surface area (Å²) in [5, 5.41) is 12.6. The molecule has 35 heavy (non-hydrogen) atoms. The van der Waals surface area contributed by atoms with E-state index in [2.05, 4.69) is 4.98 Å². The molecule has 7 nitrogen and oxygen atoms in total. The number of benzene rings is 3. The molecular weight excluding hydrogens is 444 g/mol. The number of aliphatic hydroxyl groups excluding tert-OH is 1. The highest BCUT2D eigenvalue weighted by Gasteiger charge is 2.46. The van der Waals surface area contributed by atoms with Crippen molar-refractivity contribution in [2.24, 2.45) is 0 Å². The number of carbonyl (C=O) groups is 2. The molecule has 1 atom stereocenters. The van der Waals surface area contributed by atoms with Crippen LogP contribution in [0.25, 0.3) is 21.9 Å². The Morgan fingerprint density at radius 3 is 2.60 bits per heavy atom. The summed E-state index contributed by atoms with van der Waals surface area (Å²) in [6.45, 7) is 0. The minimum atomic E-state index is -0.858. The van der Waals surface area contributed by atoms with Crippen LogP contribution >= 0.6 is 0 Å². The summed E-state index contributed by atoms with van der Waals surface area (Å²) in [4.78, 5) is 31.9. The van der Waals surface area contributed by atoms with Gasteiger partial charge in [-0.1, -0.05) is 48.5 Å². The number of anilines is 1. The van der Waals surface area contributed by atoms with E-state index in [0.29, 0.717) is 28.0 Å². The number of nitrogens with one attached hydrogen (secondary N) is 1. The third-order valence-electron chi connectivity index (χ3n) is 6.35. The van der Waals surface area contributed by atoms with E-state index in [1.807, 2.05) is 30.3 Å². The zero-order valence-corrected chi connectivity index (χ0v) is 18.7. The van der Waals surface area contributed by atoms with Crippen LogP contribution in [0.4, 0.5) is 5.69 Å². The Labute approximate surface area is 199 Å². The van der Waals surface area contributed by atoms with Gasteiger partial charge >= 0.3 is 0 Å². The fourth-order valence-electron chi connectivity index (χ4n) is 4.75. The van der Waals surface area contributed by atoms with Crippen LogP contribution in [-0.2, 0) is 4.79 Å². The topological polar surface area (TPSA) is 95.8 Å². The smallest absolute Gasteiger partial charge is 0.294 e. The molecule has 0 bridgehead atoms. The third kappa shape index (κ3) is 3.13. The van der Waals surface area contributed by atoms with Gasteiger partial charge in [-0.25, -0.2) is 0 Å². The molecule has 172 valence electrons. The molecule has 5 aromatic rings. The summed E-state index contributed by atoms with van der Waals surface area (Å²) in [5.41, 5.74) is 2.50. The second kappa shape index (κ2) is 7.92. The largest absolute Gasteiger partial charge is 0.503 e. The minimum absolute atomic E-state index is 0.0126. The molecule has 2 aromatic heterocycles. The molecule has 2 N–H and O–H groups in total. The normalized spacial score (nSPS) is 16.0. The second-order valence-electron chi connectivity index (χ2n) is 8.28. The summed E-state index contributed by atoms with van der Waals surface area (Å²) >= 11 is 0. The van der Waals surface area contributed by atoms with Gasteiger partial charge in [-0.15, -0.1) is 0 Å². The number of fused-ring (bicyclic) bond motifs is 2. The number of methoxy groups -OCH3 is 1. The zero-order chi connectivity index (χ0) is 24.1. The number of aliphatic hydroxyl groups is 1. The van der Waals surface area contributed by atoms with Gasteiger partial charge < -0.3 is 19.2 Å². The van der Waals surface area contributed by atoms with Gasteiger partial charge in [0.25, 0.3) is 5.91 Å². The number of Topliss-reactive ketones (excluding diaryl/α,β-unsaturated/α-hetero) is 1. The van der Waals surface area contributed by atoms with Crippen LogP contribution in [0.3, 0.4) is 0 Å². The van der Waals surface area contributed by atoms with E-state index in [1.165, 1.54) is 12.0 Å². The Bertz CT molecular complexity index is 1640. The molecule has 1 unspecified atom stereocenters. The van der Waals surface area contributed by atoms with Crippen LogP contribution in [0.1, 0.15) is 22.2 Å². The van der Waals surface area contributed by atoms with E-state index in [1.54, 1.807) is 54.7 Å². The average molecular weight is 464 g/mol. The minimum Gasteiger partial charge on any atom is -0.503 e. The molecule has 7 heteroatoms. The number of H-pyrrole nitrogens is 1. The van der Waals surface area contributed by atoms with Crippen molar-refractivity contribution < 1.29 is 23.8 Å². The Hall–Kier alpha value is -4.78. The standard InChI is InChI=1S/C28H20N2O5/c1-34-21-13-7-8-16-14-22(35-27(16)21)25(31)23-24(19-15-29-20-12-6-5-11-18(19)20)30(28(33)26(23)32)17-9-3-2-4-10-17/h2-15,24,29,32H,1H3. The monoisotopic (exact) mass is 464 g/mol. The maximum absolute atomic E-state index is 13.8. The van der Waals surface area contributed by atoms with Gasteiger partial charge in [-0.3, -0.25) is 14.5 Å². The molecule has 6 rings (SSSR count). The van der Waals surface area contributed by atoms with Crippen molar-refractivity contribution in [1.82, 2.24) is 4.98 Å². The van der Waals surface area contributed by atoms with Crippen molar-refractivity contribution in [1.29, 1.82) is 0 Å². The number of furan rings is 1. The van der Waals surface area contributed by atoms with Gasteiger partial charge in [-0.05, 0) is 30.3 Å². The molecule has 1 aliphatic heterocycles. The highest BCUT2D eigenvalue weighted by molar-refractivity contribution is 6.21. The summed E-state index contributed by atoms with van der Waals surface area (Å²) in [5.74, 6) is -1.31. The lowest BCUT2D eigenvalue weighted by Gasteiger charge is -2.26. The molecule has 3 heterocycles. The summed E-state index contributed by atoms with van der Waals surface area (Å²) in [6, 6.07) is 22.7. The van der Waals surface area contributed by atoms with Crippen molar-refractivity contribution in [3.63, 3.8) is 0 Å². The number of rotatable bonds is 5. The van der Waals surface area contributed by atoms with Crippen LogP contribution in [0.5, 0.6) is 5.75 Å². The molecular formula is C28H20N2O5. The van der Waals surface area contributed by atoms with Gasteiger partial charge in [-0.2, -0.15) is 0 Å². The predicted molar refractivity (Wildman–Crippen MR) is 132 cm³/mol. The zero-order valence-electron chi connectivity index (χ0n) is 18.7. The quantitative estimate of drug-likeness (QED) is 0.325. The number of aromatic nitrogens is 1. The number of ketones is 1. The van der Waals surface area contributed by atoms with Gasteiger partial charge in [0.15, 0.2) is 22.9 Å². The van der Waals surface area contributed by atoms with Gasteiger partial charge in [0.2, 0.25) is 5.78 Å². The van der Waals surface area contributed by atoms with Crippen LogP contribution in [0.15, 0.2) is 101 Å². The van der Waals surface area contributed by atoms with Crippen molar-refractivity contribution >= 4 is 39.2 Å². The van der Waals surface area contributed by atoms with Gasteiger partial charge in [0.05, 0.1) is 18.7 Å². The average Bonchev–Trinajstić information content (AvgIpc) is 3.58. The second-order valence-corrected chi connectivity index (χ2v) is 8.28. The number of ether oxygens (including phenoxy) is 1. The Kier molecular flexibility index (Phi) is 4.70. The fourth-order valence-corrected chi connectivity index (χ4v) is 4.75. The number of para-hydroxylation sites is 3. The maximum atomic E-state index is 13.8. The molecule has 0 saturated carbocycles. The Balaban J connectivity index is 1.55. The lowest BCUT2D eigenvalue weighted by molar-refractivity contribution is -0.117. The number of hydrogen-bond donors (Lipinski definition) is 2. The lowest BCUT2D eigenvalue weighted by atomic mass is 9.94. The highest BCUT2D eigenvalue weighted by atomic mass is 16.5. The first-order valence-corrected chi connectivity index (χ1v) is 11.1. The van der Waals surface area contributed by atoms with E-state index < -0.39 is 23.5 Å². The molecule has 0 fully saturated rings. The van der Waals surface area contributed by atoms with Crippen molar-refractivity contribution in [3.05, 3.63) is 108 Å². The summed E-state index contributed by atoms with van der Waals surface area (Å²) < 4.78 is 11.2. The van der Waals surface area contributed by atoms with Crippen molar-refractivity contribution in [2.75, 3.05) is 12.0 Å². The molecule has 0 saturated heterocycles. The van der Waals surface area contributed by atoms with Crippen LogP contribution in [0.2, 0.25) is 0 Å². The SMILES string of the molecule is COc1cccc2cc(C(=O)C3=C(O)C(=O)N(c4ccccc4)C3c3c[nH]c4ccccc34)oc12. The first-order chi connectivity index (χ1) is 17.1. The van der Waals surface area contributed by atoms with E-state index in [-0.39, 0.29) is 11.3 Å². The highest BCUT2D eigenvalue weighted by Crippen LogP contribution is 2.44. The summed E-state index contributed by atoms with van der Waals surface area (Å²) in [7, 11) is 1.52. The number of amides is 1. The van der Waals surface area contributed by atoms with Crippen LogP contribution < -0.4 is 9.64 Å². The fraction of sp³-hybridized carbons (Fsp3) is 0.0714. The van der Waals surface area contributed by atoms with Crippen molar-refractivity contribution in [3.8, 4) is 5.75 Å². The molecule has 1 amide bonds. The third-order valence-corrected chi connectivity index (χ3v) is 6.35. The maximum Gasteiger partial charge on any atom is 0.294 e. The van der Waals surface area contributed by atoms with E-state index >= 15 is 0 Å². The van der Waals surface area contributed by atoms with E-state index in [4.69, 9.17) is 9.15 Å². The van der Waals surface area contributed by atoms with E-state index in [0.717, 1.165) is 10.9 Å². The van der Waals surface area contributed by atoms with Gasteiger partial charge in [0, 0.05) is 33.7 Å². The number of aromatic amines is 1. The van der Waals surface area contributed by atoms with Gasteiger partial charge in [0.1, 0.15) is 0 Å². The first kappa shape index (κ1) is 20.8. The molecule has 0 spiro atoms. The molecule has 3 aromatic carbocycles. The number of carbonyl (C=O) groups excluding carboxylic acids is 2. The number of hydrogen-bond acceptors (Lipinski definition) is 5. The Morgan fingerprint density at radius 1 is 1.03 bits per heavy atom. The summed E-state index contributed by atoms with van der Waals surface area (Å²) in [6.07, 6.45) is 1.77. The molecule has 0 radical (unpaired) electrons. The molecule has 1 aliphatic rings. The van der Waals surface area contributed by atoms with Crippen LogP contribution in [0, 0.1) is 0 Å². The van der Waals surface area contributed by atoms with Crippen LogP contribution in [-0.4, -0.2) is 28.9 Å². The number of nitrogens with zero attached hydrogens (tertiary/aromatic N) is 1. The predicted octanol–water partition coefficient (Wildman–Crippen LogP) is 5.71.